The summed E-state index contributed by atoms with van der Waals surface area (Å²) in [5.41, 5.74) is 1.00. The van der Waals surface area contributed by atoms with Gasteiger partial charge in [-0.05, 0) is 15.9 Å². The summed E-state index contributed by atoms with van der Waals surface area (Å²) in [5.74, 6) is -0.105. The van der Waals surface area contributed by atoms with Gasteiger partial charge in [-0.1, -0.05) is 5.21 Å². The predicted octanol–water partition coefficient (Wildman–Crippen LogP) is 1.87. The Bertz CT molecular complexity index is 476. The third-order valence-electron chi connectivity index (χ3n) is 1.69. The lowest BCUT2D eigenvalue weighted by molar-refractivity contribution is 0.103. The number of nitrogens with zero attached hydrogens (tertiary/aromatic N) is 3. The second kappa shape index (κ2) is 3.62. The van der Waals surface area contributed by atoms with Gasteiger partial charge in [0.2, 0.25) is 5.78 Å². The van der Waals surface area contributed by atoms with E-state index in [0.29, 0.717) is 11.3 Å². The molecule has 2 aromatic rings. The molecule has 14 heavy (non-hydrogen) atoms. The molecule has 0 atom stereocenters. The zero-order chi connectivity index (χ0) is 10.1. The summed E-state index contributed by atoms with van der Waals surface area (Å²) in [7, 11) is 1.73. The second-order valence-electron chi connectivity index (χ2n) is 2.74. The van der Waals surface area contributed by atoms with Crippen LogP contribution in [0, 0.1) is 0 Å². The van der Waals surface area contributed by atoms with Crippen molar-refractivity contribution in [2.24, 2.45) is 7.05 Å². The summed E-state index contributed by atoms with van der Waals surface area (Å²) in [6.07, 6.45) is 1.60. The predicted molar refractivity (Wildman–Crippen MR) is 56.5 cm³/mol. The molecule has 2 heterocycles. The maximum absolute atomic E-state index is 11.8. The first kappa shape index (κ1) is 9.54. The van der Waals surface area contributed by atoms with Gasteiger partial charge in [0.05, 0.1) is 6.20 Å². The first-order chi connectivity index (χ1) is 6.68. The van der Waals surface area contributed by atoms with Gasteiger partial charge in [0.25, 0.3) is 0 Å². The Morgan fingerprint density at radius 1 is 1.57 bits per heavy atom. The summed E-state index contributed by atoms with van der Waals surface area (Å²) in [4.78, 5) is 11.8. The van der Waals surface area contributed by atoms with E-state index < -0.39 is 0 Å². The van der Waals surface area contributed by atoms with Crippen molar-refractivity contribution < 1.29 is 4.79 Å². The number of rotatable bonds is 2. The van der Waals surface area contributed by atoms with Crippen molar-refractivity contribution in [1.82, 2.24) is 15.0 Å². The summed E-state index contributed by atoms with van der Waals surface area (Å²) in [5, 5.41) is 11.1. The molecule has 0 aliphatic carbocycles. The van der Waals surface area contributed by atoms with Gasteiger partial charge in [-0.15, -0.1) is 5.10 Å². The summed E-state index contributed by atoms with van der Waals surface area (Å²) in [6, 6.07) is 0. The molecule has 0 N–H and O–H groups in total. The third-order valence-corrected chi connectivity index (χ3v) is 3.40. The largest absolute Gasteiger partial charge is 0.287 e. The molecule has 2 rings (SSSR count). The fraction of sp³-hybridized carbons (Fsp3) is 0.125. The molecular weight excluding hydrogens is 266 g/mol. The van der Waals surface area contributed by atoms with Crippen LogP contribution in [0.5, 0.6) is 0 Å². The van der Waals surface area contributed by atoms with Gasteiger partial charge >= 0.3 is 0 Å². The minimum atomic E-state index is -0.105. The van der Waals surface area contributed by atoms with Crippen LogP contribution in [0.3, 0.4) is 0 Å². The average Bonchev–Trinajstić information content (AvgIpc) is 2.73. The monoisotopic (exact) mass is 271 g/mol. The molecule has 2 aromatic heterocycles. The molecule has 0 aromatic carbocycles. The normalized spacial score (nSPS) is 10.4. The SMILES string of the molecule is Cn1cc(C(=O)c2cscc2Br)nn1. The Hall–Kier alpha value is -1.01. The lowest BCUT2D eigenvalue weighted by atomic mass is 10.2. The van der Waals surface area contributed by atoms with Crippen molar-refractivity contribution in [3.8, 4) is 0 Å². The summed E-state index contributed by atoms with van der Waals surface area (Å²) >= 11 is 4.78. The van der Waals surface area contributed by atoms with Crippen molar-refractivity contribution >= 4 is 33.0 Å². The molecular formula is C8H6BrN3OS. The molecule has 4 nitrogen and oxygen atoms in total. The smallest absolute Gasteiger partial charge is 0.216 e. The van der Waals surface area contributed by atoms with E-state index in [0.717, 1.165) is 4.47 Å². The highest BCUT2D eigenvalue weighted by atomic mass is 79.9. The molecule has 0 saturated heterocycles. The average molecular weight is 272 g/mol. The van der Waals surface area contributed by atoms with E-state index in [1.165, 1.54) is 16.0 Å². The van der Waals surface area contributed by atoms with E-state index in [1.54, 1.807) is 18.6 Å². The highest BCUT2D eigenvalue weighted by molar-refractivity contribution is 9.10. The maximum Gasteiger partial charge on any atom is 0.216 e. The molecule has 6 heteroatoms. The number of hydrogen-bond donors (Lipinski definition) is 0. The molecule has 0 aliphatic rings. The number of carbonyl (C=O) groups is 1. The van der Waals surface area contributed by atoms with Crippen LogP contribution in [0.25, 0.3) is 0 Å². The Kier molecular flexibility index (Phi) is 2.47. The van der Waals surface area contributed by atoms with Crippen LogP contribution in [0.4, 0.5) is 0 Å². The minimum Gasteiger partial charge on any atom is -0.287 e. The Labute approximate surface area is 92.7 Å². The fourth-order valence-corrected chi connectivity index (χ4v) is 2.49. The molecule has 0 bridgehead atoms. The first-order valence-corrected chi connectivity index (χ1v) is 5.55. The van der Waals surface area contributed by atoms with E-state index >= 15 is 0 Å². The topological polar surface area (TPSA) is 47.8 Å². The summed E-state index contributed by atoms with van der Waals surface area (Å²) < 4.78 is 2.31. The highest BCUT2D eigenvalue weighted by Gasteiger charge is 2.16. The van der Waals surface area contributed by atoms with E-state index in [-0.39, 0.29) is 5.78 Å². The maximum atomic E-state index is 11.8. The Balaban J connectivity index is 2.38. The van der Waals surface area contributed by atoms with Crippen LogP contribution in [0.15, 0.2) is 21.4 Å². The van der Waals surface area contributed by atoms with Gasteiger partial charge in [-0.3, -0.25) is 9.48 Å². The highest BCUT2D eigenvalue weighted by Crippen LogP contribution is 2.23. The van der Waals surface area contributed by atoms with Crippen LogP contribution in [-0.2, 0) is 7.05 Å². The van der Waals surface area contributed by atoms with Crippen molar-refractivity contribution in [2.45, 2.75) is 0 Å². The Morgan fingerprint density at radius 3 is 2.86 bits per heavy atom. The standard InChI is InChI=1S/C8H6BrN3OS/c1-12-2-7(10-11-12)8(13)5-3-14-4-6(5)9/h2-4H,1H3. The van der Waals surface area contributed by atoms with Crippen molar-refractivity contribution in [3.63, 3.8) is 0 Å². The van der Waals surface area contributed by atoms with E-state index in [1.807, 2.05) is 5.38 Å². The first-order valence-electron chi connectivity index (χ1n) is 3.81. The van der Waals surface area contributed by atoms with Gasteiger partial charge in [-0.2, -0.15) is 11.3 Å². The number of aromatic nitrogens is 3. The molecule has 0 amide bonds. The van der Waals surface area contributed by atoms with Gasteiger partial charge in [-0.25, -0.2) is 0 Å². The second-order valence-corrected chi connectivity index (χ2v) is 4.34. The van der Waals surface area contributed by atoms with Crippen LogP contribution in [0.2, 0.25) is 0 Å². The zero-order valence-corrected chi connectivity index (χ0v) is 9.67. The number of ketones is 1. The van der Waals surface area contributed by atoms with Gasteiger partial charge in [0.1, 0.15) is 0 Å². The zero-order valence-electron chi connectivity index (χ0n) is 7.27. The number of hydrogen-bond acceptors (Lipinski definition) is 4. The summed E-state index contributed by atoms with van der Waals surface area (Å²) in [6.45, 7) is 0. The third kappa shape index (κ3) is 1.62. The van der Waals surface area contributed by atoms with E-state index in [2.05, 4.69) is 26.2 Å². The van der Waals surface area contributed by atoms with Crippen LogP contribution >= 0.6 is 27.3 Å². The van der Waals surface area contributed by atoms with Crippen LogP contribution in [0.1, 0.15) is 16.1 Å². The molecule has 72 valence electrons. The molecule has 0 unspecified atom stereocenters. The van der Waals surface area contributed by atoms with Crippen LogP contribution in [-0.4, -0.2) is 20.8 Å². The number of thiophene rings is 1. The Morgan fingerprint density at radius 2 is 2.36 bits per heavy atom. The van der Waals surface area contributed by atoms with Crippen molar-refractivity contribution in [2.75, 3.05) is 0 Å². The molecule has 0 fully saturated rings. The number of aryl methyl sites for hydroxylation is 1. The molecule has 0 aliphatic heterocycles. The van der Waals surface area contributed by atoms with Crippen molar-refractivity contribution in [1.29, 1.82) is 0 Å². The lowest BCUT2D eigenvalue weighted by Crippen LogP contribution is -2.00. The van der Waals surface area contributed by atoms with Gasteiger partial charge in [0, 0.05) is 27.8 Å². The molecule has 0 spiro atoms. The van der Waals surface area contributed by atoms with E-state index in [9.17, 15) is 4.79 Å². The lowest BCUT2D eigenvalue weighted by Gasteiger charge is -1.92. The molecule has 0 radical (unpaired) electrons. The van der Waals surface area contributed by atoms with Gasteiger partial charge < -0.3 is 0 Å². The van der Waals surface area contributed by atoms with E-state index in [4.69, 9.17) is 0 Å². The number of carbonyl (C=O) groups excluding carboxylic acids is 1. The quantitative estimate of drug-likeness (QED) is 0.784. The van der Waals surface area contributed by atoms with Crippen molar-refractivity contribution in [3.05, 3.63) is 32.7 Å². The van der Waals surface area contributed by atoms with Gasteiger partial charge in [0.15, 0.2) is 5.69 Å². The van der Waals surface area contributed by atoms with Crippen LogP contribution < -0.4 is 0 Å². The minimum absolute atomic E-state index is 0.105. The fourth-order valence-electron chi connectivity index (χ4n) is 1.03. The molecule has 0 saturated carbocycles. The number of halogens is 1.